The molecule has 0 bridgehead atoms. The van der Waals surface area contributed by atoms with E-state index in [0.29, 0.717) is 18.2 Å². The van der Waals surface area contributed by atoms with E-state index < -0.39 is 0 Å². The maximum atomic E-state index is 12.3. The molecule has 0 amide bonds. The minimum absolute atomic E-state index is 0.155. The topological polar surface area (TPSA) is 45.3 Å². The zero-order valence-corrected chi connectivity index (χ0v) is 12.4. The van der Waals surface area contributed by atoms with E-state index >= 15 is 0 Å². The second-order valence-corrected chi connectivity index (χ2v) is 5.59. The van der Waals surface area contributed by atoms with Crippen LogP contribution in [-0.2, 0) is 4.74 Å². The average Bonchev–Trinajstić information content (AvgIpc) is 2.92. The molecule has 0 fully saturated rings. The Kier molecular flexibility index (Phi) is 3.80. The zero-order valence-electron chi connectivity index (χ0n) is 12.4. The molecule has 110 valence electrons. The van der Waals surface area contributed by atoms with Gasteiger partial charge in [0.25, 0.3) is 0 Å². The largest absolute Gasteiger partial charge is 0.460 e. The van der Waals surface area contributed by atoms with Crippen LogP contribution < -0.4 is 0 Å². The number of para-hydroxylation sites is 1. The van der Waals surface area contributed by atoms with E-state index in [2.05, 4.69) is 36.0 Å². The van der Waals surface area contributed by atoms with E-state index in [0.717, 1.165) is 17.3 Å². The molecular weight excluding hydrogens is 264 g/mol. The lowest BCUT2D eigenvalue weighted by atomic mass is 10.1. The smallest absolute Gasteiger partial charge is 0.340 e. The summed E-state index contributed by atoms with van der Waals surface area (Å²) in [6.45, 7) is 2.56. The van der Waals surface area contributed by atoms with Gasteiger partial charge < -0.3 is 9.72 Å². The molecule has 2 heterocycles. The monoisotopic (exact) mass is 284 g/mol. The number of hydrogen-bond donors (Lipinski definition) is 1. The third kappa shape index (κ3) is 2.72. The minimum Gasteiger partial charge on any atom is -0.460 e. The van der Waals surface area contributed by atoms with E-state index in [1.165, 1.54) is 0 Å². The van der Waals surface area contributed by atoms with Crippen molar-refractivity contribution in [1.82, 2.24) is 9.88 Å². The summed E-state index contributed by atoms with van der Waals surface area (Å²) in [7, 11) is 2.07. The van der Waals surface area contributed by atoms with Crippen molar-refractivity contribution < 1.29 is 9.53 Å². The van der Waals surface area contributed by atoms with Crippen molar-refractivity contribution in [1.29, 1.82) is 0 Å². The van der Waals surface area contributed by atoms with Gasteiger partial charge in [-0.1, -0.05) is 30.4 Å². The first-order chi connectivity index (χ1) is 10.2. The molecule has 21 heavy (non-hydrogen) atoms. The van der Waals surface area contributed by atoms with Gasteiger partial charge in [-0.3, -0.25) is 4.90 Å². The highest BCUT2D eigenvalue weighted by molar-refractivity contribution is 6.03. The Hall–Kier alpha value is -2.07. The summed E-state index contributed by atoms with van der Waals surface area (Å²) in [5.74, 6) is -0.271. The molecule has 1 aromatic heterocycles. The molecule has 3 rings (SSSR count). The number of likely N-dealkylation sites (N-methyl/N-ethyl adjacent to an activating group) is 1. The second kappa shape index (κ2) is 5.74. The third-order valence-corrected chi connectivity index (χ3v) is 4.25. The van der Waals surface area contributed by atoms with Gasteiger partial charge in [-0.15, -0.1) is 0 Å². The number of carbonyl (C=O) groups excluding carboxylic acids is 1. The van der Waals surface area contributed by atoms with E-state index in [1.807, 2.05) is 24.3 Å². The predicted octanol–water partition coefficient (Wildman–Crippen LogP) is 2.97. The Morgan fingerprint density at radius 2 is 2.24 bits per heavy atom. The first-order valence-electron chi connectivity index (χ1n) is 7.28. The summed E-state index contributed by atoms with van der Waals surface area (Å²) < 4.78 is 5.50. The first-order valence-corrected chi connectivity index (χ1v) is 7.28. The minimum atomic E-state index is -0.271. The van der Waals surface area contributed by atoms with Crippen LogP contribution in [0.2, 0.25) is 0 Å². The predicted molar refractivity (Wildman–Crippen MR) is 83.4 cm³/mol. The average molecular weight is 284 g/mol. The van der Waals surface area contributed by atoms with Gasteiger partial charge in [0.1, 0.15) is 6.61 Å². The standard InChI is InChI=1S/C17H20N2O2/c1-12-6-5-7-13(19(12)2)11-21-17(20)15-10-18-16-9-4-3-8-14(15)16/h3-5,7-10,12-13,18H,6,11H2,1-2H3. The number of aromatic amines is 1. The highest BCUT2D eigenvalue weighted by atomic mass is 16.5. The number of H-pyrrole nitrogens is 1. The van der Waals surface area contributed by atoms with Crippen molar-refractivity contribution in [3.8, 4) is 0 Å². The van der Waals surface area contributed by atoms with Gasteiger partial charge in [-0.2, -0.15) is 0 Å². The van der Waals surface area contributed by atoms with Crippen molar-refractivity contribution in [2.75, 3.05) is 13.7 Å². The van der Waals surface area contributed by atoms with Gasteiger partial charge in [0.15, 0.2) is 0 Å². The number of esters is 1. The van der Waals surface area contributed by atoms with Crippen LogP contribution in [0.5, 0.6) is 0 Å². The van der Waals surface area contributed by atoms with Gasteiger partial charge in [-0.25, -0.2) is 4.79 Å². The van der Waals surface area contributed by atoms with Crippen molar-refractivity contribution in [3.63, 3.8) is 0 Å². The van der Waals surface area contributed by atoms with Crippen LogP contribution in [0.25, 0.3) is 10.9 Å². The lowest BCUT2D eigenvalue weighted by Crippen LogP contribution is -2.42. The van der Waals surface area contributed by atoms with Crippen molar-refractivity contribution in [2.24, 2.45) is 0 Å². The van der Waals surface area contributed by atoms with Gasteiger partial charge >= 0.3 is 5.97 Å². The van der Waals surface area contributed by atoms with Gasteiger partial charge in [0, 0.05) is 23.1 Å². The van der Waals surface area contributed by atoms with Gasteiger partial charge in [0.05, 0.1) is 11.6 Å². The third-order valence-electron chi connectivity index (χ3n) is 4.25. The van der Waals surface area contributed by atoms with Crippen LogP contribution >= 0.6 is 0 Å². The molecule has 0 radical (unpaired) electrons. The Morgan fingerprint density at radius 3 is 3.10 bits per heavy atom. The van der Waals surface area contributed by atoms with Crippen LogP contribution in [0.15, 0.2) is 42.6 Å². The molecule has 4 nitrogen and oxygen atoms in total. The van der Waals surface area contributed by atoms with Crippen LogP contribution in [0.3, 0.4) is 0 Å². The Bertz CT molecular complexity index is 674. The number of rotatable bonds is 3. The van der Waals surface area contributed by atoms with Crippen molar-refractivity contribution >= 4 is 16.9 Å². The number of nitrogens with zero attached hydrogens (tertiary/aromatic N) is 1. The summed E-state index contributed by atoms with van der Waals surface area (Å²) in [4.78, 5) is 17.6. The summed E-state index contributed by atoms with van der Waals surface area (Å²) in [5, 5.41) is 0.906. The van der Waals surface area contributed by atoms with Crippen LogP contribution in [-0.4, -0.2) is 41.6 Å². The van der Waals surface area contributed by atoms with Crippen molar-refractivity contribution in [2.45, 2.75) is 25.4 Å². The second-order valence-electron chi connectivity index (χ2n) is 5.59. The fourth-order valence-corrected chi connectivity index (χ4v) is 2.71. The van der Waals surface area contributed by atoms with Crippen molar-refractivity contribution in [3.05, 3.63) is 48.2 Å². The number of fused-ring (bicyclic) bond motifs is 1. The van der Waals surface area contributed by atoms with Crippen LogP contribution in [0, 0.1) is 0 Å². The van der Waals surface area contributed by atoms with E-state index in [-0.39, 0.29) is 12.0 Å². The number of aromatic nitrogens is 1. The molecular formula is C17H20N2O2. The Balaban J connectivity index is 1.69. The normalized spacial score (nSPS) is 22.6. The number of carbonyl (C=O) groups is 1. The highest BCUT2D eigenvalue weighted by Crippen LogP contribution is 2.19. The maximum absolute atomic E-state index is 12.3. The van der Waals surface area contributed by atoms with E-state index in [4.69, 9.17) is 4.74 Å². The van der Waals surface area contributed by atoms with Gasteiger partial charge in [-0.05, 0) is 26.5 Å². The Labute approximate surface area is 124 Å². The molecule has 2 atom stereocenters. The molecule has 1 N–H and O–H groups in total. The Morgan fingerprint density at radius 1 is 1.43 bits per heavy atom. The van der Waals surface area contributed by atoms with Crippen LogP contribution in [0.1, 0.15) is 23.7 Å². The lowest BCUT2D eigenvalue weighted by molar-refractivity contribution is 0.0386. The summed E-state index contributed by atoms with van der Waals surface area (Å²) in [6.07, 6.45) is 7.04. The molecule has 0 spiro atoms. The molecule has 4 heteroatoms. The maximum Gasteiger partial charge on any atom is 0.340 e. The molecule has 0 saturated carbocycles. The summed E-state index contributed by atoms with van der Waals surface area (Å²) in [6, 6.07) is 8.38. The van der Waals surface area contributed by atoms with Gasteiger partial charge in [0.2, 0.25) is 0 Å². The number of ether oxygens (including phenoxy) is 1. The van der Waals surface area contributed by atoms with Crippen LogP contribution in [0.4, 0.5) is 0 Å². The quantitative estimate of drug-likeness (QED) is 0.696. The molecule has 0 aliphatic carbocycles. The molecule has 1 aliphatic heterocycles. The molecule has 1 aromatic carbocycles. The molecule has 2 unspecified atom stereocenters. The van der Waals surface area contributed by atoms with E-state index in [9.17, 15) is 4.79 Å². The summed E-state index contributed by atoms with van der Waals surface area (Å²) in [5.41, 5.74) is 1.55. The summed E-state index contributed by atoms with van der Waals surface area (Å²) >= 11 is 0. The first kappa shape index (κ1) is 13.9. The lowest BCUT2D eigenvalue weighted by Gasteiger charge is -2.33. The van der Waals surface area contributed by atoms with E-state index in [1.54, 1.807) is 6.20 Å². The number of hydrogen-bond acceptors (Lipinski definition) is 3. The fraction of sp³-hybridized carbons (Fsp3) is 0.353. The fourth-order valence-electron chi connectivity index (χ4n) is 2.71. The molecule has 2 aromatic rings. The molecule has 0 saturated heterocycles. The SMILES string of the molecule is CC1CC=CC(COC(=O)c2c[nH]c3ccccc23)N1C. The zero-order chi connectivity index (χ0) is 14.8. The number of benzene rings is 1. The number of nitrogens with one attached hydrogen (secondary N) is 1. The molecule has 1 aliphatic rings. The highest BCUT2D eigenvalue weighted by Gasteiger charge is 2.22.